The molecular formula is C11H19NO3. The van der Waals surface area contributed by atoms with E-state index in [1.165, 1.54) is 13.8 Å². The van der Waals surface area contributed by atoms with E-state index >= 15 is 0 Å². The Kier molecular flexibility index (Phi) is 3.50. The van der Waals surface area contributed by atoms with Crippen LogP contribution in [0.2, 0.25) is 0 Å². The van der Waals surface area contributed by atoms with Gasteiger partial charge in [0.1, 0.15) is 11.4 Å². The van der Waals surface area contributed by atoms with Crippen LogP contribution >= 0.6 is 0 Å². The van der Waals surface area contributed by atoms with Gasteiger partial charge in [0.15, 0.2) is 0 Å². The Morgan fingerprint density at radius 1 is 1.27 bits per heavy atom. The lowest BCUT2D eigenvalue weighted by molar-refractivity contribution is -0.150. The number of aliphatic hydroxyl groups is 1. The standard InChI is InChI=1S/C11H19NO3/c1-8(13)9-4-6-12(7-5-9)10(14)11(2,3)15/h9,15H,4-7H2,1-3H3. The van der Waals surface area contributed by atoms with Crippen LogP contribution in [0.15, 0.2) is 0 Å². The van der Waals surface area contributed by atoms with Crippen molar-refractivity contribution in [3.8, 4) is 0 Å². The van der Waals surface area contributed by atoms with Crippen LogP contribution in [0.1, 0.15) is 33.6 Å². The first-order valence-corrected chi connectivity index (χ1v) is 5.34. The van der Waals surface area contributed by atoms with Gasteiger partial charge in [0.2, 0.25) is 0 Å². The van der Waals surface area contributed by atoms with Crippen molar-refractivity contribution in [2.75, 3.05) is 13.1 Å². The molecule has 1 aliphatic heterocycles. The fraction of sp³-hybridized carbons (Fsp3) is 0.818. The maximum Gasteiger partial charge on any atom is 0.253 e. The smallest absolute Gasteiger partial charge is 0.253 e. The summed E-state index contributed by atoms with van der Waals surface area (Å²) in [6.07, 6.45) is 1.44. The highest BCUT2D eigenvalue weighted by Gasteiger charge is 2.32. The van der Waals surface area contributed by atoms with E-state index in [2.05, 4.69) is 0 Å². The molecule has 4 heteroatoms. The number of amides is 1. The zero-order valence-corrected chi connectivity index (χ0v) is 9.62. The van der Waals surface area contributed by atoms with Gasteiger partial charge in [0, 0.05) is 19.0 Å². The number of Topliss-reactive ketones (excluding diaryl/α,β-unsaturated/α-hetero) is 1. The molecule has 0 radical (unpaired) electrons. The van der Waals surface area contributed by atoms with Gasteiger partial charge in [-0.3, -0.25) is 9.59 Å². The maximum atomic E-state index is 11.7. The summed E-state index contributed by atoms with van der Waals surface area (Å²) in [5.41, 5.74) is -1.30. The SMILES string of the molecule is CC(=O)C1CCN(C(=O)C(C)(C)O)CC1. The molecule has 0 unspecified atom stereocenters. The van der Waals surface area contributed by atoms with E-state index in [0.717, 1.165) is 12.8 Å². The molecule has 15 heavy (non-hydrogen) atoms. The molecule has 0 aromatic carbocycles. The Morgan fingerprint density at radius 2 is 1.73 bits per heavy atom. The van der Waals surface area contributed by atoms with Crippen molar-refractivity contribution in [3.63, 3.8) is 0 Å². The molecule has 4 nitrogen and oxygen atoms in total. The Morgan fingerprint density at radius 3 is 2.07 bits per heavy atom. The molecule has 1 rings (SSSR count). The first kappa shape index (κ1) is 12.2. The molecule has 0 spiro atoms. The lowest BCUT2D eigenvalue weighted by Crippen LogP contribution is -2.48. The van der Waals surface area contributed by atoms with E-state index in [4.69, 9.17) is 0 Å². The molecule has 0 aliphatic carbocycles. The molecule has 0 atom stereocenters. The molecule has 1 fully saturated rings. The number of hydrogen-bond donors (Lipinski definition) is 1. The molecule has 0 bridgehead atoms. The van der Waals surface area contributed by atoms with Gasteiger partial charge in [0.25, 0.3) is 5.91 Å². The van der Waals surface area contributed by atoms with E-state index in [0.29, 0.717) is 13.1 Å². The van der Waals surface area contributed by atoms with Crippen LogP contribution in [0.5, 0.6) is 0 Å². The van der Waals surface area contributed by atoms with Crippen molar-refractivity contribution in [2.45, 2.75) is 39.2 Å². The van der Waals surface area contributed by atoms with Crippen LogP contribution in [0.4, 0.5) is 0 Å². The molecule has 1 aliphatic rings. The van der Waals surface area contributed by atoms with Gasteiger partial charge in [-0.1, -0.05) is 0 Å². The van der Waals surface area contributed by atoms with Crippen molar-refractivity contribution >= 4 is 11.7 Å². The molecule has 0 aromatic heterocycles. The lowest BCUT2D eigenvalue weighted by atomic mass is 9.92. The van der Waals surface area contributed by atoms with E-state index in [1.54, 1.807) is 11.8 Å². The van der Waals surface area contributed by atoms with Gasteiger partial charge < -0.3 is 10.0 Å². The third kappa shape index (κ3) is 3.02. The van der Waals surface area contributed by atoms with Crippen molar-refractivity contribution in [2.24, 2.45) is 5.92 Å². The van der Waals surface area contributed by atoms with Crippen molar-refractivity contribution in [1.29, 1.82) is 0 Å². The van der Waals surface area contributed by atoms with Crippen molar-refractivity contribution < 1.29 is 14.7 Å². The largest absolute Gasteiger partial charge is 0.381 e. The number of carbonyl (C=O) groups is 2. The fourth-order valence-electron chi connectivity index (χ4n) is 1.88. The first-order chi connectivity index (χ1) is 6.82. The monoisotopic (exact) mass is 213 g/mol. The molecule has 1 N–H and O–H groups in total. The normalized spacial score (nSPS) is 19.1. The van der Waals surface area contributed by atoms with Crippen LogP contribution in [0.3, 0.4) is 0 Å². The Balaban J connectivity index is 2.51. The summed E-state index contributed by atoms with van der Waals surface area (Å²) in [4.78, 5) is 24.4. The number of carbonyl (C=O) groups excluding carboxylic acids is 2. The minimum atomic E-state index is -1.30. The minimum Gasteiger partial charge on any atom is -0.381 e. The topological polar surface area (TPSA) is 57.6 Å². The average molecular weight is 213 g/mol. The van der Waals surface area contributed by atoms with Crippen molar-refractivity contribution in [1.82, 2.24) is 4.90 Å². The van der Waals surface area contributed by atoms with Crippen LogP contribution in [-0.4, -0.2) is 40.4 Å². The van der Waals surface area contributed by atoms with Crippen LogP contribution in [0.25, 0.3) is 0 Å². The second-order valence-corrected chi connectivity index (χ2v) is 4.74. The third-order valence-electron chi connectivity index (χ3n) is 2.88. The zero-order valence-electron chi connectivity index (χ0n) is 9.62. The summed E-state index contributed by atoms with van der Waals surface area (Å²) >= 11 is 0. The van der Waals surface area contributed by atoms with E-state index in [-0.39, 0.29) is 17.6 Å². The Bertz CT molecular complexity index is 259. The van der Waals surface area contributed by atoms with Gasteiger partial charge in [-0.15, -0.1) is 0 Å². The highest BCUT2D eigenvalue weighted by atomic mass is 16.3. The second kappa shape index (κ2) is 4.31. The average Bonchev–Trinajstić information content (AvgIpc) is 2.15. The summed E-state index contributed by atoms with van der Waals surface area (Å²) < 4.78 is 0. The van der Waals surface area contributed by atoms with Crippen LogP contribution in [-0.2, 0) is 9.59 Å². The molecule has 0 saturated carbocycles. The second-order valence-electron chi connectivity index (χ2n) is 4.74. The van der Waals surface area contributed by atoms with Gasteiger partial charge >= 0.3 is 0 Å². The van der Waals surface area contributed by atoms with Gasteiger partial charge in [-0.05, 0) is 33.6 Å². The van der Waals surface area contributed by atoms with Gasteiger partial charge in [0.05, 0.1) is 0 Å². The van der Waals surface area contributed by atoms with Crippen LogP contribution in [0, 0.1) is 5.92 Å². The van der Waals surface area contributed by atoms with E-state index in [1.807, 2.05) is 0 Å². The predicted octanol–water partition coefficient (Wildman–Crippen LogP) is 0.585. The molecule has 0 aromatic rings. The minimum absolute atomic E-state index is 0.0934. The highest BCUT2D eigenvalue weighted by Crippen LogP contribution is 2.20. The highest BCUT2D eigenvalue weighted by molar-refractivity contribution is 5.84. The summed E-state index contributed by atoms with van der Waals surface area (Å²) in [6, 6.07) is 0. The van der Waals surface area contributed by atoms with E-state index < -0.39 is 5.60 Å². The summed E-state index contributed by atoms with van der Waals surface area (Å²) in [6.45, 7) is 5.73. The van der Waals surface area contributed by atoms with Crippen LogP contribution < -0.4 is 0 Å². The molecule has 1 amide bonds. The predicted molar refractivity (Wildman–Crippen MR) is 56.3 cm³/mol. The number of piperidine rings is 1. The third-order valence-corrected chi connectivity index (χ3v) is 2.88. The molecule has 1 heterocycles. The lowest BCUT2D eigenvalue weighted by Gasteiger charge is -2.34. The number of likely N-dealkylation sites (tertiary alicyclic amines) is 1. The summed E-state index contributed by atoms with van der Waals surface area (Å²) in [5.74, 6) is 0.0470. The summed E-state index contributed by atoms with van der Waals surface area (Å²) in [5, 5.41) is 9.56. The molecule has 1 saturated heterocycles. The first-order valence-electron chi connectivity index (χ1n) is 5.34. The Hall–Kier alpha value is -0.900. The van der Waals surface area contributed by atoms with Gasteiger partial charge in [-0.25, -0.2) is 0 Å². The Labute approximate surface area is 90.3 Å². The summed E-state index contributed by atoms with van der Waals surface area (Å²) in [7, 11) is 0. The van der Waals surface area contributed by atoms with E-state index in [9.17, 15) is 14.7 Å². The molecule has 86 valence electrons. The molecular weight excluding hydrogens is 194 g/mol. The van der Waals surface area contributed by atoms with Gasteiger partial charge in [-0.2, -0.15) is 0 Å². The number of rotatable bonds is 2. The fourth-order valence-corrected chi connectivity index (χ4v) is 1.88. The number of hydrogen-bond acceptors (Lipinski definition) is 3. The quantitative estimate of drug-likeness (QED) is 0.730. The number of nitrogens with zero attached hydrogens (tertiary/aromatic N) is 1. The van der Waals surface area contributed by atoms with Crippen molar-refractivity contribution in [3.05, 3.63) is 0 Å². The number of ketones is 1. The zero-order chi connectivity index (χ0) is 11.6. The maximum absolute atomic E-state index is 11.7.